The van der Waals surface area contributed by atoms with Crippen LogP contribution in [-0.2, 0) is 6.18 Å². The Morgan fingerprint density at radius 2 is 2.03 bits per heavy atom. The van der Waals surface area contributed by atoms with Crippen LogP contribution in [0.1, 0.15) is 23.7 Å². The van der Waals surface area contributed by atoms with Crippen molar-refractivity contribution in [2.24, 2.45) is 0 Å². The highest BCUT2D eigenvalue weighted by Crippen LogP contribution is 2.39. The first-order valence-electron chi connectivity index (χ1n) is 9.81. The number of fused-ring (bicyclic) bond motifs is 2. The van der Waals surface area contributed by atoms with Crippen LogP contribution in [0.25, 0.3) is 10.9 Å². The van der Waals surface area contributed by atoms with Gasteiger partial charge in [-0.1, -0.05) is 18.2 Å². The molecule has 5 rings (SSSR count). The van der Waals surface area contributed by atoms with Gasteiger partial charge >= 0.3 is 6.18 Å². The number of hydrogen-bond acceptors (Lipinski definition) is 4. The van der Waals surface area contributed by atoms with Crippen molar-refractivity contribution in [3.63, 3.8) is 0 Å². The van der Waals surface area contributed by atoms with Crippen molar-refractivity contribution in [3.8, 4) is 5.75 Å². The number of hydrogen-bond donors (Lipinski definition) is 2. The maximum absolute atomic E-state index is 13.9. The number of likely N-dealkylation sites (tertiary alicyclic amines) is 1. The number of pyridine rings is 1. The summed E-state index contributed by atoms with van der Waals surface area (Å²) >= 11 is 0. The van der Waals surface area contributed by atoms with Crippen molar-refractivity contribution < 1.29 is 22.3 Å². The van der Waals surface area contributed by atoms with Crippen LogP contribution in [0.3, 0.4) is 0 Å². The minimum atomic E-state index is -4.48. The van der Waals surface area contributed by atoms with E-state index in [9.17, 15) is 17.6 Å². The topological polar surface area (TPSA) is 53.2 Å². The molecule has 9 heteroatoms. The minimum Gasteiger partial charge on any atom is -0.491 e. The molecule has 1 saturated heterocycles. The van der Waals surface area contributed by atoms with Gasteiger partial charge in [0, 0.05) is 30.2 Å². The van der Waals surface area contributed by atoms with E-state index in [1.807, 2.05) is 29.2 Å². The van der Waals surface area contributed by atoms with Crippen LogP contribution in [0, 0.1) is 0 Å². The lowest BCUT2D eigenvalue weighted by atomic mass is 9.95. The molecule has 0 spiro atoms. The highest BCUT2D eigenvalue weighted by atomic mass is 19.4. The van der Waals surface area contributed by atoms with E-state index in [1.54, 1.807) is 0 Å². The zero-order valence-corrected chi connectivity index (χ0v) is 15.9. The van der Waals surface area contributed by atoms with Crippen LogP contribution in [0.4, 0.5) is 23.4 Å². The number of aromatic amines is 1. The standard InChI is InChI=1S/C21H20F4N4O/c22-12-6-8-29(10-12)16-11-30-17-4-2-1-3-13(17)19(16)28-20-14-9-18(21(23,24)25)27-15(14)5-7-26-20/h1-5,7,9,12,16,19,27H,6,8,10-11H2,(H,26,28). The summed E-state index contributed by atoms with van der Waals surface area (Å²) < 4.78 is 59.3. The minimum absolute atomic E-state index is 0.168. The molecule has 0 radical (unpaired) electrons. The molecule has 3 aromatic rings. The van der Waals surface area contributed by atoms with Gasteiger partial charge < -0.3 is 15.0 Å². The number of anilines is 1. The Labute approximate surface area is 170 Å². The number of aromatic nitrogens is 2. The fraction of sp³-hybridized carbons (Fsp3) is 0.381. The van der Waals surface area contributed by atoms with E-state index in [4.69, 9.17) is 4.74 Å². The Kier molecular flexibility index (Phi) is 4.57. The third kappa shape index (κ3) is 3.36. The SMILES string of the molecule is FC1CCN(C2COc3ccccc3C2Nc2nccc3[nH]c(C(F)(F)F)cc23)C1. The van der Waals surface area contributed by atoms with Gasteiger partial charge in [0.2, 0.25) is 0 Å². The van der Waals surface area contributed by atoms with E-state index in [0.29, 0.717) is 48.6 Å². The average Bonchev–Trinajstić information content (AvgIpc) is 3.35. The van der Waals surface area contributed by atoms with Crippen molar-refractivity contribution in [3.05, 3.63) is 53.9 Å². The normalized spacial score (nSPS) is 24.6. The Morgan fingerprint density at radius 3 is 2.80 bits per heavy atom. The van der Waals surface area contributed by atoms with E-state index in [1.165, 1.54) is 12.3 Å². The van der Waals surface area contributed by atoms with E-state index >= 15 is 0 Å². The molecule has 4 heterocycles. The quantitative estimate of drug-likeness (QED) is 0.611. The molecular formula is C21H20F4N4O. The number of nitrogens with one attached hydrogen (secondary N) is 2. The van der Waals surface area contributed by atoms with Gasteiger partial charge in [0.25, 0.3) is 0 Å². The van der Waals surface area contributed by atoms with Gasteiger partial charge in [-0.2, -0.15) is 13.2 Å². The number of para-hydroxylation sites is 1. The van der Waals surface area contributed by atoms with Crippen LogP contribution in [0.5, 0.6) is 5.75 Å². The largest absolute Gasteiger partial charge is 0.491 e. The number of rotatable bonds is 3. The van der Waals surface area contributed by atoms with Crippen LogP contribution < -0.4 is 10.1 Å². The Morgan fingerprint density at radius 1 is 1.20 bits per heavy atom. The van der Waals surface area contributed by atoms with Gasteiger partial charge in [0.15, 0.2) is 0 Å². The summed E-state index contributed by atoms with van der Waals surface area (Å²) in [6, 6.07) is 9.63. The average molecular weight is 420 g/mol. The molecule has 3 atom stereocenters. The number of nitrogens with zero attached hydrogens (tertiary/aromatic N) is 2. The third-order valence-electron chi connectivity index (χ3n) is 5.83. The third-order valence-corrected chi connectivity index (χ3v) is 5.83. The van der Waals surface area contributed by atoms with Gasteiger partial charge in [-0.3, -0.25) is 4.90 Å². The van der Waals surface area contributed by atoms with E-state index in [2.05, 4.69) is 15.3 Å². The first kappa shape index (κ1) is 19.2. The molecule has 0 saturated carbocycles. The summed E-state index contributed by atoms with van der Waals surface area (Å²) in [5, 5.41) is 3.70. The molecule has 2 aliphatic heterocycles. The highest BCUT2D eigenvalue weighted by molar-refractivity contribution is 5.90. The maximum atomic E-state index is 13.9. The van der Waals surface area contributed by atoms with Gasteiger partial charge in [-0.05, 0) is 24.6 Å². The summed E-state index contributed by atoms with van der Waals surface area (Å²) in [6.45, 7) is 1.28. The maximum Gasteiger partial charge on any atom is 0.431 e. The molecule has 158 valence electrons. The van der Waals surface area contributed by atoms with Crippen LogP contribution in [0.15, 0.2) is 42.6 Å². The lowest BCUT2D eigenvalue weighted by Gasteiger charge is -2.39. The molecule has 5 nitrogen and oxygen atoms in total. The van der Waals surface area contributed by atoms with Gasteiger partial charge in [-0.25, -0.2) is 9.37 Å². The summed E-state index contributed by atoms with van der Waals surface area (Å²) in [5.41, 5.74) is 0.403. The molecule has 0 aliphatic carbocycles. The van der Waals surface area contributed by atoms with Crippen LogP contribution in [-0.4, -0.2) is 46.8 Å². The summed E-state index contributed by atoms with van der Waals surface area (Å²) in [6.07, 6.45) is -3.43. The van der Waals surface area contributed by atoms with Crippen molar-refractivity contribution >= 4 is 16.7 Å². The van der Waals surface area contributed by atoms with E-state index in [0.717, 1.165) is 11.6 Å². The van der Waals surface area contributed by atoms with Crippen molar-refractivity contribution in [2.45, 2.75) is 30.9 Å². The summed E-state index contributed by atoms with van der Waals surface area (Å²) in [7, 11) is 0. The molecule has 3 unspecified atom stereocenters. The van der Waals surface area contributed by atoms with Gasteiger partial charge in [0.05, 0.1) is 17.6 Å². The van der Waals surface area contributed by atoms with Gasteiger partial charge in [-0.15, -0.1) is 0 Å². The first-order chi connectivity index (χ1) is 14.4. The number of benzene rings is 1. The lowest BCUT2D eigenvalue weighted by molar-refractivity contribution is -0.140. The number of halogens is 4. The van der Waals surface area contributed by atoms with Crippen LogP contribution in [0.2, 0.25) is 0 Å². The Hall–Kier alpha value is -2.81. The fourth-order valence-corrected chi connectivity index (χ4v) is 4.35. The second-order valence-electron chi connectivity index (χ2n) is 7.72. The van der Waals surface area contributed by atoms with Crippen molar-refractivity contribution in [1.82, 2.24) is 14.9 Å². The van der Waals surface area contributed by atoms with Crippen molar-refractivity contribution in [2.75, 3.05) is 25.0 Å². The van der Waals surface area contributed by atoms with Crippen molar-refractivity contribution in [1.29, 1.82) is 0 Å². The zero-order valence-electron chi connectivity index (χ0n) is 15.9. The molecule has 1 fully saturated rings. The van der Waals surface area contributed by atoms with Gasteiger partial charge in [0.1, 0.15) is 30.0 Å². The highest BCUT2D eigenvalue weighted by Gasteiger charge is 2.39. The fourth-order valence-electron chi connectivity index (χ4n) is 4.35. The zero-order chi connectivity index (χ0) is 20.9. The monoisotopic (exact) mass is 420 g/mol. The first-order valence-corrected chi connectivity index (χ1v) is 9.81. The second-order valence-corrected chi connectivity index (χ2v) is 7.72. The molecule has 2 N–H and O–H groups in total. The predicted octanol–water partition coefficient (Wildman–Crippen LogP) is 4.54. The molecule has 0 bridgehead atoms. The molecular weight excluding hydrogens is 400 g/mol. The summed E-state index contributed by atoms with van der Waals surface area (Å²) in [4.78, 5) is 8.77. The van der Waals surface area contributed by atoms with E-state index < -0.39 is 18.0 Å². The Balaban J connectivity index is 1.54. The van der Waals surface area contributed by atoms with Crippen LogP contribution >= 0.6 is 0 Å². The number of alkyl halides is 4. The molecule has 1 aromatic carbocycles. The van der Waals surface area contributed by atoms with E-state index in [-0.39, 0.29) is 12.1 Å². The lowest BCUT2D eigenvalue weighted by Crippen LogP contribution is -2.47. The molecule has 0 amide bonds. The predicted molar refractivity (Wildman–Crippen MR) is 104 cm³/mol. The smallest absolute Gasteiger partial charge is 0.431 e. The number of ether oxygens (including phenoxy) is 1. The molecule has 2 aromatic heterocycles. The molecule has 30 heavy (non-hydrogen) atoms. The number of H-pyrrole nitrogens is 1. The molecule has 2 aliphatic rings. The Bertz CT molecular complexity index is 1070. The second kappa shape index (κ2) is 7.16. The summed E-state index contributed by atoms with van der Waals surface area (Å²) in [5.74, 6) is 1.06.